The first-order chi connectivity index (χ1) is 14.0. The summed E-state index contributed by atoms with van der Waals surface area (Å²) < 4.78 is 5.21. The Labute approximate surface area is 167 Å². The molecule has 1 aliphatic carbocycles. The quantitative estimate of drug-likeness (QED) is 0.483. The maximum Gasteiger partial charge on any atom is 0.271 e. The molecule has 7 nitrogen and oxygen atoms in total. The van der Waals surface area contributed by atoms with E-state index in [1.54, 1.807) is 6.92 Å². The fraction of sp³-hybridized carbons (Fsp3) is 0.227. The number of carbonyl (C=O) groups is 1. The fourth-order valence-corrected chi connectivity index (χ4v) is 3.82. The third-order valence-corrected chi connectivity index (χ3v) is 5.29. The van der Waals surface area contributed by atoms with Crippen LogP contribution in [0.25, 0.3) is 10.8 Å². The first-order valence-corrected chi connectivity index (χ1v) is 9.41. The van der Waals surface area contributed by atoms with E-state index in [1.807, 2.05) is 12.1 Å². The largest absolute Gasteiger partial charge is 0.495 e. The van der Waals surface area contributed by atoms with Crippen LogP contribution in [0.3, 0.4) is 0 Å². The van der Waals surface area contributed by atoms with E-state index in [-0.39, 0.29) is 17.3 Å². The number of hydrogen-bond donors (Lipinski definition) is 2. The summed E-state index contributed by atoms with van der Waals surface area (Å²) in [6.45, 7) is 1.75. The molecule has 148 valence electrons. The van der Waals surface area contributed by atoms with Gasteiger partial charge in [-0.15, -0.1) is 0 Å². The van der Waals surface area contributed by atoms with Crippen molar-refractivity contribution in [2.75, 3.05) is 17.7 Å². The van der Waals surface area contributed by atoms with Crippen molar-refractivity contribution >= 4 is 33.7 Å². The third-order valence-electron chi connectivity index (χ3n) is 5.29. The zero-order valence-corrected chi connectivity index (χ0v) is 16.2. The van der Waals surface area contributed by atoms with Gasteiger partial charge in [0, 0.05) is 23.2 Å². The number of rotatable bonds is 6. The maximum atomic E-state index is 12.7. The van der Waals surface area contributed by atoms with Gasteiger partial charge in [0.15, 0.2) is 0 Å². The summed E-state index contributed by atoms with van der Waals surface area (Å²) in [5, 5.41) is 19.4. The van der Waals surface area contributed by atoms with Crippen LogP contribution < -0.4 is 15.4 Å². The molecule has 0 radical (unpaired) electrons. The summed E-state index contributed by atoms with van der Waals surface area (Å²) in [5.74, 6) is 0.0496. The number of carbonyl (C=O) groups excluding carboxylic acids is 1. The molecular weight excluding hydrogens is 370 g/mol. The highest BCUT2D eigenvalue weighted by atomic mass is 16.6. The van der Waals surface area contributed by atoms with E-state index >= 15 is 0 Å². The van der Waals surface area contributed by atoms with Crippen molar-refractivity contribution in [3.63, 3.8) is 0 Å². The van der Waals surface area contributed by atoms with E-state index in [1.165, 1.54) is 41.8 Å². The Morgan fingerprint density at radius 1 is 1.10 bits per heavy atom. The number of nitro groups is 1. The molecule has 0 saturated heterocycles. The minimum atomic E-state index is -0.558. The van der Waals surface area contributed by atoms with Gasteiger partial charge in [0.2, 0.25) is 5.91 Å². The maximum absolute atomic E-state index is 12.7. The zero-order chi connectivity index (χ0) is 20.5. The number of hydrogen-bond acceptors (Lipinski definition) is 5. The van der Waals surface area contributed by atoms with Gasteiger partial charge in [-0.25, -0.2) is 0 Å². The van der Waals surface area contributed by atoms with E-state index in [2.05, 4.69) is 28.8 Å². The molecule has 1 aliphatic rings. The van der Waals surface area contributed by atoms with Gasteiger partial charge in [0.25, 0.3) is 5.69 Å². The Balaban J connectivity index is 1.57. The highest BCUT2D eigenvalue weighted by molar-refractivity contribution is 6.02. The Morgan fingerprint density at radius 2 is 1.86 bits per heavy atom. The Bertz CT molecular complexity index is 1120. The van der Waals surface area contributed by atoms with Crippen LogP contribution in [0.5, 0.6) is 5.75 Å². The van der Waals surface area contributed by atoms with Crippen molar-refractivity contribution in [3.05, 3.63) is 69.8 Å². The predicted molar refractivity (Wildman–Crippen MR) is 113 cm³/mol. The van der Waals surface area contributed by atoms with Crippen molar-refractivity contribution in [2.24, 2.45) is 0 Å². The van der Waals surface area contributed by atoms with Crippen LogP contribution in [-0.4, -0.2) is 24.0 Å². The van der Waals surface area contributed by atoms with Gasteiger partial charge in [-0.05, 0) is 48.4 Å². The molecule has 3 aromatic rings. The second-order valence-corrected chi connectivity index (χ2v) is 7.11. The fourth-order valence-electron chi connectivity index (χ4n) is 3.82. The Kier molecular flexibility index (Phi) is 4.80. The highest BCUT2D eigenvalue weighted by Crippen LogP contribution is 2.35. The topological polar surface area (TPSA) is 93.5 Å². The van der Waals surface area contributed by atoms with Crippen LogP contribution in [0, 0.1) is 10.1 Å². The van der Waals surface area contributed by atoms with Crippen molar-refractivity contribution in [1.29, 1.82) is 0 Å². The number of anilines is 2. The average molecular weight is 391 g/mol. The molecule has 0 bridgehead atoms. The molecule has 0 saturated carbocycles. The molecule has 4 rings (SSSR count). The van der Waals surface area contributed by atoms with Gasteiger partial charge < -0.3 is 15.4 Å². The lowest BCUT2D eigenvalue weighted by Gasteiger charge is -2.18. The molecule has 7 heteroatoms. The monoisotopic (exact) mass is 391 g/mol. The van der Waals surface area contributed by atoms with Gasteiger partial charge in [-0.1, -0.05) is 24.3 Å². The lowest BCUT2D eigenvalue weighted by molar-refractivity contribution is -0.384. The molecule has 2 N–H and O–H groups in total. The van der Waals surface area contributed by atoms with Crippen LogP contribution in [-0.2, 0) is 17.6 Å². The van der Waals surface area contributed by atoms with E-state index in [4.69, 9.17) is 4.74 Å². The first kappa shape index (κ1) is 18.7. The van der Waals surface area contributed by atoms with Crippen molar-refractivity contribution in [1.82, 2.24) is 0 Å². The number of non-ortho nitro benzene ring substituents is 1. The first-order valence-electron chi connectivity index (χ1n) is 9.41. The molecule has 1 atom stereocenters. The summed E-state index contributed by atoms with van der Waals surface area (Å²) in [4.78, 5) is 23.3. The van der Waals surface area contributed by atoms with Crippen LogP contribution in [0.2, 0.25) is 0 Å². The SMILES string of the molecule is COc1ccc([N+](=O)[O-])cc1NC(=O)C(C)Nc1ccc2c3c(cccc13)CC2. The molecule has 0 spiro atoms. The minimum absolute atomic E-state index is 0.116. The number of nitro benzene ring substituents is 1. The Morgan fingerprint density at radius 3 is 2.59 bits per heavy atom. The molecule has 1 unspecified atom stereocenters. The molecular formula is C22H21N3O4. The molecule has 0 heterocycles. The van der Waals surface area contributed by atoms with Gasteiger partial charge in [-0.3, -0.25) is 14.9 Å². The molecule has 3 aromatic carbocycles. The number of ether oxygens (including phenoxy) is 1. The van der Waals surface area contributed by atoms with E-state index in [0.29, 0.717) is 5.75 Å². The van der Waals surface area contributed by atoms with Crippen LogP contribution in [0.1, 0.15) is 18.1 Å². The van der Waals surface area contributed by atoms with Crippen LogP contribution in [0.4, 0.5) is 17.1 Å². The predicted octanol–water partition coefficient (Wildman–Crippen LogP) is 4.29. The van der Waals surface area contributed by atoms with Gasteiger partial charge in [-0.2, -0.15) is 0 Å². The van der Waals surface area contributed by atoms with Gasteiger partial charge >= 0.3 is 0 Å². The van der Waals surface area contributed by atoms with Crippen LogP contribution >= 0.6 is 0 Å². The lowest BCUT2D eigenvalue weighted by atomic mass is 10.0. The Hall–Kier alpha value is -3.61. The molecule has 29 heavy (non-hydrogen) atoms. The number of nitrogens with one attached hydrogen (secondary N) is 2. The molecule has 1 amide bonds. The third kappa shape index (κ3) is 3.47. The second kappa shape index (κ2) is 7.43. The standard InChI is InChI=1S/C22H21N3O4/c1-13(22(26)24-19-12-16(25(27)28)9-11-20(19)29-2)23-18-10-8-15-7-6-14-4-3-5-17(18)21(14)15/h3-5,8-13,23H,6-7H2,1-2H3,(H,24,26). The average Bonchev–Trinajstić information content (AvgIpc) is 3.14. The van der Waals surface area contributed by atoms with Crippen molar-refractivity contribution < 1.29 is 14.5 Å². The summed E-state index contributed by atoms with van der Waals surface area (Å²) in [6, 6.07) is 13.9. The molecule has 0 aliphatic heterocycles. The number of nitrogens with zero attached hydrogens (tertiary/aromatic N) is 1. The van der Waals surface area contributed by atoms with E-state index in [0.717, 1.165) is 23.9 Å². The highest BCUT2D eigenvalue weighted by Gasteiger charge is 2.20. The minimum Gasteiger partial charge on any atom is -0.495 e. The van der Waals surface area contributed by atoms with E-state index in [9.17, 15) is 14.9 Å². The smallest absolute Gasteiger partial charge is 0.271 e. The normalized spacial score (nSPS) is 13.2. The van der Waals surface area contributed by atoms with E-state index < -0.39 is 11.0 Å². The molecule has 0 aromatic heterocycles. The van der Waals surface area contributed by atoms with Crippen LogP contribution in [0.15, 0.2) is 48.5 Å². The van der Waals surface area contributed by atoms with Crippen molar-refractivity contribution in [3.8, 4) is 5.75 Å². The lowest BCUT2D eigenvalue weighted by Crippen LogP contribution is -2.32. The number of amides is 1. The summed E-state index contributed by atoms with van der Waals surface area (Å²) >= 11 is 0. The number of aryl methyl sites for hydroxylation is 2. The molecule has 0 fully saturated rings. The summed E-state index contributed by atoms with van der Waals surface area (Å²) in [5.41, 5.74) is 3.70. The summed E-state index contributed by atoms with van der Waals surface area (Å²) in [7, 11) is 1.45. The number of benzene rings is 3. The number of methoxy groups -OCH3 is 1. The zero-order valence-electron chi connectivity index (χ0n) is 16.2. The van der Waals surface area contributed by atoms with Gasteiger partial charge in [0.1, 0.15) is 11.8 Å². The van der Waals surface area contributed by atoms with Gasteiger partial charge in [0.05, 0.1) is 17.7 Å². The second-order valence-electron chi connectivity index (χ2n) is 7.11. The van der Waals surface area contributed by atoms with Crippen molar-refractivity contribution in [2.45, 2.75) is 25.8 Å². The summed E-state index contributed by atoms with van der Waals surface area (Å²) in [6.07, 6.45) is 2.08.